The molecule has 0 radical (unpaired) electrons. The van der Waals surface area contributed by atoms with Gasteiger partial charge in [-0.1, -0.05) is 36.8 Å². The first-order chi connectivity index (χ1) is 14.8. The van der Waals surface area contributed by atoms with Crippen molar-refractivity contribution in [3.63, 3.8) is 0 Å². The highest BCUT2D eigenvalue weighted by Crippen LogP contribution is 2.32. The summed E-state index contributed by atoms with van der Waals surface area (Å²) < 4.78 is 5.75. The van der Waals surface area contributed by atoms with Crippen molar-refractivity contribution in [1.82, 2.24) is 4.90 Å². The smallest absolute Gasteiger partial charge is 0.294 e. The van der Waals surface area contributed by atoms with Gasteiger partial charge in [0, 0.05) is 5.69 Å². The molecule has 3 rings (SSSR count). The van der Waals surface area contributed by atoms with Gasteiger partial charge in [0.2, 0.25) is 5.91 Å². The van der Waals surface area contributed by atoms with Crippen LogP contribution in [0.3, 0.4) is 0 Å². The first-order valence-corrected chi connectivity index (χ1v) is 11.0. The molecular weight excluding hydrogens is 412 g/mol. The van der Waals surface area contributed by atoms with Gasteiger partial charge in [0.05, 0.1) is 11.0 Å². The molecule has 1 aliphatic rings. The van der Waals surface area contributed by atoms with Gasteiger partial charge in [-0.15, -0.1) is 0 Å². The summed E-state index contributed by atoms with van der Waals surface area (Å²) in [7, 11) is 0. The highest BCUT2D eigenvalue weighted by molar-refractivity contribution is 8.18. The van der Waals surface area contributed by atoms with Crippen molar-refractivity contribution in [2.45, 2.75) is 40.2 Å². The van der Waals surface area contributed by atoms with E-state index in [1.807, 2.05) is 63.2 Å². The topological polar surface area (TPSA) is 75.7 Å². The summed E-state index contributed by atoms with van der Waals surface area (Å²) in [5, 5.41) is 2.31. The summed E-state index contributed by atoms with van der Waals surface area (Å²) in [4.78, 5) is 38.7. The lowest BCUT2D eigenvalue weighted by atomic mass is 10.1. The van der Waals surface area contributed by atoms with E-state index in [9.17, 15) is 14.4 Å². The number of hydrogen-bond donors (Lipinski definition) is 1. The fraction of sp³-hybridized carbons (Fsp3) is 0.292. The van der Waals surface area contributed by atoms with Crippen molar-refractivity contribution >= 4 is 40.6 Å². The van der Waals surface area contributed by atoms with Gasteiger partial charge in [0.25, 0.3) is 11.1 Å². The normalized spacial score (nSPS) is 16.0. The third-order valence-electron chi connectivity index (χ3n) is 4.92. The van der Waals surface area contributed by atoms with E-state index in [4.69, 9.17) is 4.74 Å². The second-order valence-corrected chi connectivity index (χ2v) is 8.53. The Bertz CT molecular complexity index is 1030. The first kappa shape index (κ1) is 22.6. The average molecular weight is 439 g/mol. The Balaban J connectivity index is 1.65. The summed E-state index contributed by atoms with van der Waals surface area (Å²) in [6.07, 6.45) is 2.68. The monoisotopic (exact) mass is 438 g/mol. The van der Waals surface area contributed by atoms with Crippen LogP contribution in [0.2, 0.25) is 0 Å². The molecule has 1 fully saturated rings. The number of nitrogens with zero attached hydrogens (tertiary/aromatic N) is 1. The summed E-state index contributed by atoms with van der Waals surface area (Å²) in [5.74, 6) is -0.129. The molecule has 7 heteroatoms. The highest BCUT2D eigenvalue weighted by Gasteiger charge is 2.36. The van der Waals surface area contributed by atoms with E-state index in [1.54, 1.807) is 6.08 Å². The van der Waals surface area contributed by atoms with E-state index in [-0.39, 0.29) is 12.6 Å². The molecule has 0 spiro atoms. The van der Waals surface area contributed by atoms with Crippen LogP contribution in [0.25, 0.3) is 6.08 Å². The maximum atomic E-state index is 12.7. The number of rotatable bonds is 7. The van der Waals surface area contributed by atoms with E-state index < -0.39 is 17.1 Å². The number of carbonyl (C=O) groups excluding carboxylic acids is 3. The largest absolute Gasteiger partial charge is 0.491 e. The van der Waals surface area contributed by atoms with Crippen molar-refractivity contribution in [3.05, 3.63) is 64.1 Å². The third kappa shape index (κ3) is 5.76. The lowest BCUT2D eigenvalue weighted by Crippen LogP contribution is -2.36. The molecular formula is C24H26N2O4S. The van der Waals surface area contributed by atoms with E-state index in [2.05, 4.69) is 12.2 Å². The molecule has 6 nitrogen and oxygen atoms in total. The fourth-order valence-corrected chi connectivity index (χ4v) is 3.87. The third-order valence-corrected chi connectivity index (χ3v) is 5.83. The number of imide groups is 1. The van der Waals surface area contributed by atoms with Gasteiger partial charge in [-0.3, -0.25) is 19.3 Å². The van der Waals surface area contributed by atoms with Gasteiger partial charge >= 0.3 is 0 Å². The predicted molar refractivity (Wildman–Crippen MR) is 124 cm³/mol. The first-order valence-electron chi connectivity index (χ1n) is 10.2. The summed E-state index contributed by atoms with van der Waals surface area (Å²) in [6, 6.07) is 13.0. The number of benzene rings is 2. The summed E-state index contributed by atoms with van der Waals surface area (Å²) in [5.41, 5.74) is 3.45. The molecule has 162 valence electrons. The molecule has 1 atom stereocenters. The lowest BCUT2D eigenvalue weighted by Gasteiger charge is -2.14. The standard InChI is InChI=1S/C24H26N2O4S/c1-5-17(4)30-19-9-7-18(8-10-19)13-21-23(28)26(24(29)31-21)14-22(27)25-20-11-6-15(2)12-16(20)3/h6-13,17H,5,14H2,1-4H3,(H,25,27)/b21-13-/t17-/m0/s1. The predicted octanol–water partition coefficient (Wildman–Crippen LogP) is 5.16. The molecule has 1 saturated heterocycles. The zero-order valence-electron chi connectivity index (χ0n) is 18.1. The fourth-order valence-electron chi connectivity index (χ4n) is 3.03. The second-order valence-electron chi connectivity index (χ2n) is 7.54. The molecule has 31 heavy (non-hydrogen) atoms. The van der Waals surface area contributed by atoms with E-state index in [0.29, 0.717) is 10.6 Å². The van der Waals surface area contributed by atoms with Crippen molar-refractivity contribution < 1.29 is 19.1 Å². The minimum absolute atomic E-state index is 0.122. The van der Waals surface area contributed by atoms with E-state index >= 15 is 0 Å². The van der Waals surface area contributed by atoms with Gasteiger partial charge in [-0.05, 0) is 74.4 Å². The Labute approximate surface area is 186 Å². The number of thioether (sulfide) groups is 1. The summed E-state index contributed by atoms with van der Waals surface area (Å²) >= 11 is 0.836. The maximum Gasteiger partial charge on any atom is 0.294 e. The molecule has 1 aliphatic heterocycles. The van der Waals surface area contributed by atoms with Gasteiger partial charge in [0.15, 0.2) is 0 Å². The second kappa shape index (κ2) is 9.83. The molecule has 3 amide bonds. The molecule has 0 aliphatic carbocycles. The van der Waals surface area contributed by atoms with Gasteiger partial charge < -0.3 is 10.1 Å². The molecule has 0 aromatic heterocycles. The van der Waals surface area contributed by atoms with Crippen molar-refractivity contribution in [3.8, 4) is 5.75 Å². The van der Waals surface area contributed by atoms with E-state index in [0.717, 1.165) is 45.5 Å². The molecule has 0 unspecified atom stereocenters. The van der Waals surface area contributed by atoms with Crippen LogP contribution >= 0.6 is 11.8 Å². The Morgan fingerprint density at radius 3 is 2.52 bits per heavy atom. The number of amides is 3. The highest BCUT2D eigenvalue weighted by atomic mass is 32.2. The van der Waals surface area contributed by atoms with Gasteiger partial charge in [-0.25, -0.2) is 0 Å². The number of nitrogens with one attached hydrogen (secondary N) is 1. The number of ether oxygens (including phenoxy) is 1. The maximum absolute atomic E-state index is 12.7. The van der Waals surface area contributed by atoms with Crippen LogP contribution in [0.15, 0.2) is 47.4 Å². The van der Waals surface area contributed by atoms with E-state index in [1.165, 1.54) is 0 Å². The average Bonchev–Trinajstić information content (AvgIpc) is 2.98. The van der Waals surface area contributed by atoms with Crippen LogP contribution in [-0.4, -0.2) is 34.6 Å². The Hall–Kier alpha value is -3.06. The molecule has 0 bridgehead atoms. The number of carbonyl (C=O) groups is 3. The van der Waals surface area contributed by atoms with Crippen LogP contribution in [0.1, 0.15) is 37.0 Å². The van der Waals surface area contributed by atoms with Crippen molar-refractivity contribution in [2.24, 2.45) is 0 Å². The van der Waals surface area contributed by atoms with Gasteiger partial charge in [0.1, 0.15) is 12.3 Å². The number of aryl methyl sites for hydroxylation is 2. The molecule has 0 saturated carbocycles. The lowest BCUT2D eigenvalue weighted by molar-refractivity contribution is -0.127. The van der Waals surface area contributed by atoms with Crippen molar-refractivity contribution in [1.29, 1.82) is 0 Å². The SMILES string of the molecule is CC[C@H](C)Oc1ccc(/C=C2\SC(=O)N(CC(=O)Nc3ccc(C)cc3C)C2=O)cc1. The van der Waals surface area contributed by atoms with Crippen LogP contribution in [0, 0.1) is 13.8 Å². The number of anilines is 1. The molecule has 1 N–H and O–H groups in total. The molecule has 1 heterocycles. The Kier molecular flexibility index (Phi) is 7.17. The van der Waals surface area contributed by atoms with Crippen LogP contribution in [-0.2, 0) is 9.59 Å². The van der Waals surface area contributed by atoms with Gasteiger partial charge in [-0.2, -0.15) is 0 Å². The zero-order valence-corrected chi connectivity index (χ0v) is 18.9. The summed E-state index contributed by atoms with van der Waals surface area (Å²) in [6.45, 7) is 7.59. The minimum Gasteiger partial charge on any atom is -0.491 e. The van der Waals surface area contributed by atoms with Crippen molar-refractivity contribution in [2.75, 3.05) is 11.9 Å². The van der Waals surface area contributed by atoms with Crippen LogP contribution in [0.5, 0.6) is 5.75 Å². The minimum atomic E-state index is -0.467. The van der Waals surface area contributed by atoms with Crippen LogP contribution < -0.4 is 10.1 Å². The Morgan fingerprint density at radius 2 is 1.87 bits per heavy atom. The quantitative estimate of drug-likeness (QED) is 0.605. The molecule has 2 aromatic carbocycles. The molecule has 2 aromatic rings. The Morgan fingerprint density at radius 1 is 1.16 bits per heavy atom. The number of hydrogen-bond acceptors (Lipinski definition) is 5. The zero-order chi connectivity index (χ0) is 22.5. The van der Waals surface area contributed by atoms with Crippen LogP contribution in [0.4, 0.5) is 10.5 Å².